The lowest BCUT2D eigenvalue weighted by atomic mass is 10.0. The van der Waals surface area contributed by atoms with Gasteiger partial charge >= 0.3 is 17.9 Å². The van der Waals surface area contributed by atoms with Crippen molar-refractivity contribution in [1.29, 1.82) is 0 Å². The third-order valence-electron chi connectivity index (χ3n) is 9.86. The maximum Gasteiger partial charge on any atom is 0.361 e. The summed E-state index contributed by atoms with van der Waals surface area (Å²) < 4.78 is 22.7. The number of carboxylic acids is 1. The van der Waals surface area contributed by atoms with Crippen LogP contribution in [0.3, 0.4) is 0 Å². The lowest BCUT2D eigenvalue weighted by molar-refractivity contribution is -0.870. The quantitative estimate of drug-likeness (QED) is 0.0284. The molecule has 0 saturated carbocycles. The van der Waals surface area contributed by atoms with E-state index in [1.54, 1.807) is 0 Å². The topological polar surface area (TPSA) is 108 Å². The first-order chi connectivity index (χ1) is 25.6. The van der Waals surface area contributed by atoms with E-state index in [0.29, 0.717) is 17.4 Å². The van der Waals surface area contributed by atoms with Crippen molar-refractivity contribution < 1.29 is 42.9 Å². The Hall–Kier alpha value is -1.71. The number of hydrogen-bond donors (Lipinski definition) is 1. The van der Waals surface area contributed by atoms with Gasteiger partial charge in [-0.1, -0.05) is 181 Å². The first-order valence-electron chi connectivity index (χ1n) is 22.2. The van der Waals surface area contributed by atoms with Gasteiger partial charge in [-0.05, 0) is 12.8 Å². The molecule has 0 aromatic rings. The van der Waals surface area contributed by atoms with E-state index in [-0.39, 0.29) is 32.2 Å². The minimum Gasteiger partial charge on any atom is -0.477 e. The molecule has 9 nitrogen and oxygen atoms in total. The summed E-state index contributed by atoms with van der Waals surface area (Å²) >= 11 is 0. The fraction of sp³-hybridized carbons (Fsp3) is 0.932. The van der Waals surface area contributed by atoms with Crippen molar-refractivity contribution in [1.82, 2.24) is 0 Å². The average molecular weight is 757 g/mol. The zero-order valence-electron chi connectivity index (χ0n) is 35.4. The van der Waals surface area contributed by atoms with Gasteiger partial charge in [-0.3, -0.25) is 9.59 Å². The molecule has 1 N–H and O–H groups in total. The molecule has 53 heavy (non-hydrogen) atoms. The predicted molar refractivity (Wildman–Crippen MR) is 217 cm³/mol. The molecule has 0 spiro atoms. The Balaban J connectivity index is 4.41. The van der Waals surface area contributed by atoms with E-state index in [2.05, 4.69) is 13.8 Å². The van der Waals surface area contributed by atoms with Crippen molar-refractivity contribution in [3.63, 3.8) is 0 Å². The number of nitrogens with zero attached hydrogens (tertiary/aromatic N) is 1. The van der Waals surface area contributed by atoms with Crippen LogP contribution in [0.25, 0.3) is 0 Å². The molecule has 0 radical (unpaired) electrons. The maximum absolute atomic E-state index is 12.7. The van der Waals surface area contributed by atoms with Crippen LogP contribution in [0.1, 0.15) is 206 Å². The van der Waals surface area contributed by atoms with Crippen LogP contribution >= 0.6 is 0 Å². The lowest BCUT2D eigenvalue weighted by Gasteiger charge is -2.25. The molecular formula is C44H86NO8+. The minimum absolute atomic E-state index is 0.174. The molecule has 2 atom stereocenters. The number of unbranched alkanes of at least 4 members (excludes halogenated alkanes) is 26. The van der Waals surface area contributed by atoms with Crippen LogP contribution < -0.4 is 0 Å². The summed E-state index contributed by atoms with van der Waals surface area (Å²) in [5.74, 6) is -1.99. The third kappa shape index (κ3) is 38.4. The Bertz CT molecular complexity index is 846. The summed E-state index contributed by atoms with van der Waals surface area (Å²) in [6.45, 7) is 4.89. The largest absolute Gasteiger partial charge is 0.477 e. The second kappa shape index (κ2) is 37.2. The third-order valence-corrected chi connectivity index (χ3v) is 9.86. The molecule has 314 valence electrons. The highest BCUT2D eigenvalue weighted by Crippen LogP contribution is 2.16. The van der Waals surface area contributed by atoms with Gasteiger partial charge < -0.3 is 28.5 Å². The normalized spacial score (nSPS) is 12.8. The van der Waals surface area contributed by atoms with Gasteiger partial charge in [0.1, 0.15) is 13.2 Å². The first-order valence-corrected chi connectivity index (χ1v) is 22.2. The summed E-state index contributed by atoms with van der Waals surface area (Å²) in [5.41, 5.74) is 0. The summed E-state index contributed by atoms with van der Waals surface area (Å²) in [4.78, 5) is 37.0. The van der Waals surface area contributed by atoms with E-state index < -0.39 is 24.3 Å². The highest BCUT2D eigenvalue weighted by Gasteiger charge is 2.25. The molecule has 0 rings (SSSR count). The van der Waals surface area contributed by atoms with Gasteiger partial charge in [0.05, 0.1) is 34.4 Å². The summed E-state index contributed by atoms with van der Waals surface area (Å²) in [6.07, 6.45) is 32.9. The van der Waals surface area contributed by atoms with Gasteiger partial charge in [0.15, 0.2) is 6.10 Å². The number of hydrogen-bond acceptors (Lipinski definition) is 7. The standard InChI is InChI=1S/C44H85NO8/c1-6-8-10-12-14-16-18-20-21-23-25-27-29-31-33-35-42(47)53-40(39-52-44(43(48)49)50-37-36-45(3,4)5)38-51-41(46)34-32-30-28-26-24-22-19-17-15-13-11-9-7-2/h40,44H,6-39H2,1-5H3/p+1. The van der Waals surface area contributed by atoms with Crippen molar-refractivity contribution in [2.24, 2.45) is 0 Å². The number of esters is 2. The number of aliphatic carboxylic acids is 1. The second-order valence-electron chi connectivity index (χ2n) is 16.4. The Kier molecular flexibility index (Phi) is 36.0. The molecule has 2 unspecified atom stereocenters. The van der Waals surface area contributed by atoms with Crippen molar-refractivity contribution in [2.75, 3.05) is 47.5 Å². The highest BCUT2D eigenvalue weighted by molar-refractivity contribution is 5.71. The van der Waals surface area contributed by atoms with Crippen LogP contribution in [-0.2, 0) is 33.3 Å². The Labute approximate surface area is 326 Å². The van der Waals surface area contributed by atoms with Crippen molar-refractivity contribution in [3.05, 3.63) is 0 Å². The van der Waals surface area contributed by atoms with E-state index >= 15 is 0 Å². The van der Waals surface area contributed by atoms with Crippen molar-refractivity contribution in [3.8, 4) is 0 Å². The fourth-order valence-corrected chi connectivity index (χ4v) is 6.37. The SMILES string of the molecule is CCCCCCCCCCCCCCCCCC(=O)OC(COC(=O)CCCCCCCCCCCCCCC)COC(OCC[N+](C)(C)C)C(=O)O. The van der Waals surface area contributed by atoms with Gasteiger partial charge in [0.2, 0.25) is 0 Å². The van der Waals surface area contributed by atoms with Crippen molar-refractivity contribution >= 4 is 17.9 Å². The average Bonchev–Trinajstić information content (AvgIpc) is 3.11. The Morgan fingerprint density at radius 3 is 1.21 bits per heavy atom. The number of carbonyl (C=O) groups excluding carboxylic acids is 2. The van der Waals surface area contributed by atoms with Crippen LogP contribution in [0.5, 0.6) is 0 Å². The minimum atomic E-state index is -1.50. The van der Waals surface area contributed by atoms with Gasteiger partial charge in [0, 0.05) is 12.8 Å². The molecule has 0 aliphatic carbocycles. The molecule has 0 bridgehead atoms. The molecule has 0 aliphatic heterocycles. The molecule has 0 amide bonds. The zero-order valence-corrected chi connectivity index (χ0v) is 35.4. The number of ether oxygens (including phenoxy) is 4. The Morgan fingerprint density at radius 1 is 0.491 bits per heavy atom. The lowest BCUT2D eigenvalue weighted by Crippen LogP contribution is -2.40. The summed E-state index contributed by atoms with van der Waals surface area (Å²) in [7, 11) is 5.96. The maximum atomic E-state index is 12.7. The molecule has 0 saturated heterocycles. The predicted octanol–water partition coefficient (Wildman–Crippen LogP) is 11.3. The molecule has 9 heteroatoms. The van der Waals surface area contributed by atoms with Crippen LogP contribution in [0.4, 0.5) is 0 Å². The highest BCUT2D eigenvalue weighted by atomic mass is 16.7. The molecule has 0 aromatic carbocycles. The first kappa shape index (κ1) is 51.3. The van der Waals surface area contributed by atoms with E-state index in [0.717, 1.165) is 38.5 Å². The second-order valence-corrected chi connectivity index (χ2v) is 16.4. The molecule has 0 fully saturated rings. The van der Waals surface area contributed by atoms with Crippen LogP contribution in [-0.4, -0.2) is 87.4 Å². The molecule has 0 heterocycles. The van der Waals surface area contributed by atoms with Crippen LogP contribution in [0.2, 0.25) is 0 Å². The number of carboxylic acid groups (broad SMARTS) is 1. The van der Waals surface area contributed by atoms with Gasteiger partial charge in [-0.2, -0.15) is 0 Å². The van der Waals surface area contributed by atoms with Gasteiger partial charge in [-0.15, -0.1) is 0 Å². The molecule has 0 aliphatic rings. The van der Waals surface area contributed by atoms with Crippen molar-refractivity contribution in [2.45, 2.75) is 219 Å². The van der Waals surface area contributed by atoms with Gasteiger partial charge in [0.25, 0.3) is 6.29 Å². The summed E-state index contributed by atoms with van der Waals surface area (Å²) in [6, 6.07) is 0. The van der Waals surface area contributed by atoms with E-state index in [1.165, 1.54) is 141 Å². The zero-order chi connectivity index (χ0) is 39.3. The van der Waals surface area contributed by atoms with E-state index in [9.17, 15) is 19.5 Å². The molecule has 0 aromatic heterocycles. The number of quaternary nitrogens is 1. The monoisotopic (exact) mass is 757 g/mol. The number of rotatable bonds is 41. The van der Waals surface area contributed by atoms with Crippen LogP contribution in [0.15, 0.2) is 0 Å². The number of carbonyl (C=O) groups is 3. The van der Waals surface area contributed by atoms with Gasteiger partial charge in [-0.25, -0.2) is 4.79 Å². The number of likely N-dealkylation sites (N-methyl/N-ethyl adjacent to an activating group) is 1. The van der Waals surface area contributed by atoms with E-state index in [4.69, 9.17) is 18.9 Å². The van der Waals surface area contributed by atoms with E-state index in [1.807, 2.05) is 21.1 Å². The molecular weight excluding hydrogens is 670 g/mol. The van der Waals surface area contributed by atoms with Crippen LogP contribution in [0, 0.1) is 0 Å². The Morgan fingerprint density at radius 2 is 0.849 bits per heavy atom. The summed E-state index contributed by atoms with van der Waals surface area (Å²) in [5, 5.41) is 9.62. The smallest absolute Gasteiger partial charge is 0.361 e. The fourth-order valence-electron chi connectivity index (χ4n) is 6.37.